The molecule has 0 radical (unpaired) electrons. The van der Waals surface area contributed by atoms with Crippen LogP contribution in [0, 0.1) is 0 Å². The van der Waals surface area contributed by atoms with E-state index in [-0.39, 0.29) is 17.0 Å². The standard InChI is InChI=1S/C18H19F3N2O4S/c1-13(24)11-23(15-5-3-2-4-6-15)28(26,27)16-9-7-14(8-10-16)17(25)22-12-18(19,20)21/h2-10,13,24H,11-12H2,1H3,(H,22,25). The van der Waals surface area contributed by atoms with Crippen LogP contribution in [0.4, 0.5) is 18.9 Å². The van der Waals surface area contributed by atoms with Crippen LogP contribution in [0.1, 0.15) is 17.3 Å². The second kappa shape index (κ2) is 8.61. The molecule has 1 amide bonds. The number of alkyl halides is 3. The Morgan fingerprint density at radius 2 is 1.68 bits per heavy atom. The van der Waals surface area contributed by atoms with Crippen molar-refractivity contribution in [1.29, 1.82) is 0 Å². The fraction of sp³-hybridized carbons (Fsp3) is 0.278. The number of carbonyl (C=O) groups excluding carboxylic acids is 1. The van der Waals surface area contributed by atoms with Crippen LogP contribution < -0.4 is 9.62 Å². The zero-order valence-corrected chi connectivity index (χ0v) is 15.7. The van der Waals surface area contributed by atoms with Gasteiger partial charge in [-0.1, -0.05) is 18.2 Å². The van der Waals surface area contributed by atoms with Crippen LogP contribution in [0.2, 0.25) is 0 Å². The molecule has 0 saturated heterocycles. The molecular formula is C18H19F3N2O4S. The summed E-state index contributed by atoms with van der Waals surface area (Å²) < 4.78 is 63.5. The lowest BCUT2D eigenvalue weighted by Crippen LogP contribution is -2.36. The Morgan fingerprint density at radius 1 is 1.11 bits per heavy atom. The minimum absolute atomic E-state index is 0.106. The number of anilines is 1. The molecule has 0 bridgehead atoms. The van der Waals surface area contributed by atoms with Gasteiger partial charge in [0.05, 0.1) is 23.2 Å². The molecule has 0 aliphatic rings. The molecule has 0 spiro atoms. The number of aliphatic hydroxyl groups is 1. The van der Waals surface area contributed by atoms with E-state index >= 15 is 0 Å². The second-order valence-electron chi connectivity index (χ2n) is 6.04. The predicted molar refractivity (Wildman–Crippen MR) is 97.5 cm³/mol. The number of amides is 1. The van der Waals surface area contributed by atoms with Gasteiger partial charge < -0.3 is 10.4 Å². The first-order chi connectivity index (χ1) is 13.0. The summed E-state index contributed by atoms with van der Waals surface area (Å²) in [6.07, 6.45) is -5.49. The summed E-state index contributed by atoms with van der Waals surface area (Å²) in [6, 6.07) is 12.7. The van der Waals surface area contributed by atoms with Crippen LogP contribution in [0.15, 0.2) is 59.5 Å². The summed E-state index contributed by atoms with van der Waals surface area (Å²) >= 11 is 0. The minimum atomic E-state index is -4.55. The molecule has 0 aliphatic heterocycles. The van der Waals surface area contributed by atoms with Crippen LogP contribution in [-0.4, -0.2) is 44.8 Å². The number of rotatable bonds is 7. The highest BCUT2D eigenvalue weighted by Gasteiger charge is 2.29. The summed E-state index contributed by atoms with van der Waals surface area (Å²) in [5.41, 5.74) is 0.236. The van der Waals surface area contributed by atoms with Crippen molar-refractivity contribution < 1.29 is 31.5 Å². The summed E-state index contributed by atoms with van der Waals surface area (Å²) in [5.74, 6) is -0.967. The predicted octanol–water partition coefficient (Wildman–Crippen LogP) is 2.55. The summed E-state index contributed by atoms with van der Waals surface area (Å²) in [6.45, 7) is -0.234. The Labute approximate surface area is 160 Å². The van der Waals surface area contributed by atoms with Crippen LogP contribution in [0.5, 0.6) is 0 Å². The maximum Gasteiger partial charge on any atom is 0.405 e. The van der Waals surface area contributed by atoms with E-state index in [1.54, 1.807) is 35.6 Å². The highest BCUT2D eigenvalue weighted by atomic mass is 32.2. The lowest BCUT2D eigenvalue weighted by Gasteiger charge is -2.25. The number of halogens is 3. The van der Waals surface area contributed by atoms with Crippen molar-refractivity contribution in [2.45, 2.75) is 24.1 Å². The Bertz CT molecular complexity index is 899. The van der Waals surface area contributed by atoms with E-state index in [9.17, 15) is 31.5 Å². The first kappa shape index (κ1) is 21.7. The van der Waals surface area contributed by atoms with Crippen molar-refractivity contribution in [2.24, 2.45) is 0 Å². The van der Waals surface area contributed by atoms with E-state index in [1.807, 2.05) is 0 Å². The molecule has 1 atom stereocenters. The van der Waals surface area contributed by atoms with Crippen molar-refractivity contribution in [3.05, 3.63) is 60.2 Å². The van der Waals surface area contributed by atoms with Gasteiger partial charge >= 0.3 is 6.18 Å². The third-order valence-corrected chi connectivity index (χ3v) is 5.44. The highest BCUT2D eigenvalue weighted by molar-refractivity contribution is 7.92. The van der Waals surface area contributed by atoms with Gasteiger partial charge in [-0.3, -0.25) is 9.10 Å². The molecule has 28 heavy (non-hydrogen) atoms. The molecule has 1 unspecified atom stereocenters. The van der Waals surface area contributed by atoms with Crippen molar-refractivity contribution in [2.75, 3.05) is 17.4 Å². The van der Waals surface area contributed by atoms with Crippen LogP contribution >= 0.6 is 0 Å². The molecule has 0 saturated carbocycles. The number of carbonyl (C=O) groups is 1. The van der Waals surface area contributed by atoms with E-state index in [0.717, 1.165) is 28.6 Å². The Morgan fingerprint density at radius 3 is 2.18 bits per heavy atom. The molecule has 2 aromatic carbocycles. The number of hydrogen-bond donors (Lipinski definition) is 2. The molecule has 2 rings (SSSR count). The molecule has 0 heterocycles. The number of hydrogen-bond acceptors (Lipinski definition) is 4. The maximum absolute atomic E-state index is 13.0. The minimum Gasteiger partial charge on any atom is -0.392 e. The van der Waals surface area contributed by atoms with Crippen LogP contribution in [-0.2, 0) is 10.0 Å². The van der Waals surface area contributed by atoms with Crippen molar-refractivity contribution >= 4 is 21.6 Å². The third kappa shape index (κ3) is 5.70. The Balaban J connectivity index is 2.27. The zero-order valence-electron chi connectivity index (χ0n) is 14.8. The third-order valence-electron chi connectivity index (χ3n) is 3.63. The molecule has 152 valence electrons. The molecule has 10 heteroatoms. The normalized spacial score (nSPS) is 13.0. The number of aliphatic hydroxyl groups excluding tert-OH is 1. The van der Waals surface area contributed by atoms with E-state index in [4.69, 9.17) is 0 Å². The fourth-order valence-electron chi connectivity index (χ4n) is 2.36. The summed E-state index contributed by atoms with van der Waals surface area (Å²) in [5, 5.41) is 11.4. The molecule has 2 aromatic rings. The summed E-state index contributed by atoms with van der Waals surface area (Å²) in [7, 11) is -4.07. The average Bonchev–Trinajstić information content (AvgIpc) is 2.64. The van der Waals surface area contributed by atoms with E-state index in [1.165, 1.54) is 6.92 Å². The topological polar surface area (TPSA) is 86.7 Å². The van der Waals surface area contributed by atoms with Crippen molar-refractivity contribution in [1.82, 2.24) is 5.32 Å². The molecule has 2 N–H and O–H groups in total. The van der Waals surface area contributed by atoms with E-state index in [0.29, 0.717) is 5.69 Å². The van der Waals surface area contributed by atoms with Crippen LogP contribution in [0.25, 0.3) is 0 Å². The maximum atomic E-state index is 13.0. The van der Waals surface area contributed by atoms with Gasteiger partial charge in [-0.15, -0.1) is 0 Å². The molecule has 6 nitrogen and oxygen atoms in total. The fourth-order valence-corrected chi connectivity index (χ4v) is 3.91. The first-order valence-electron chi connectivity index (χ1n) is 8.21. The zero-order chi connectivity index (χ0) is 20.9. The largest absolute Gasteiger partial charge is 0.405 e. The van der Waals surface area contributed by atoms with Gasteiger partial charge in [0.1, 0.15) is 6.54 Å². The second-order valence-corrected chi connectivity index (χ2v) is 7.91. The smallest absolute Gasteiger partial charge is 0.392 e. The Kier molecular flexibility index (Phi) is 6.68. The quantitative estimate of drug-likeness (QED) is 0.726. The highest BCUT2D eigenvalue weighted by Crippen LogP contribution is 2.24. The first-order valence-corrected chi connectivity index (χ1v) is 9.65. The van der Waals surface area contributed by atoms with Gasteiger partial charge in [-0.05, 0) is 43.3 Å². The monoisotopic (exact) mass is 416 g/mol. The Hall–Kier alpha value is -2.59. The number of para-hydroxylation sites is 1. The van der Waals surface area contributed by atoms with Crippen LogP contribution in [0.3, 0.4) is 0 Å². The van der Waals surface area contributed by atoms with Gasteiger partial charge in [0.25, 0.3) is 15.9 Å². The number of nitrogens with zero attached hydrogens (tertiary/aromatic N) is 1. The van der Waals surface area contributed by atoms with E-state index < -0.39 is 34.8 Å². The van der Waals surface area contributed by atoms with Gasteiger partial charge in [-0.25, -0.2) is 8.42 Å². The molecule has 0 fully saturated rings. The lowest BCUT2D eigenvalue weighted by atomic mass is 10.2. The number of sulfonamides is 1. The number of benzene rings is 2. The van der Waals surface area contributed by atoms with Crippen molar-refractivity contribution in [3.8, 4) is 0 Å². The van der Waals surface area contributed by atoms with Gasteiger partial charge in [0.15, 0.2) is 0 Å². The van der Waals surface area contributed by atoms with E-state index in [2.05, 4.69) is 0 Å². The van der Waals surface area contributed by atoms with Gasteiger partial charge in [0.2, 0.25) is 0 Å². The molecule has 0 aromatic heterocycles. The van der Waals surface area contributed by atoms with Crippen molar-refractivity contribution in [3.63, 3.8) is 0 Å². The van der Waals surface area contributed by atoms with Gasteiger partial charge in [-0.2, -0.15) is 13.2 Å². The number of nitrogens with one attached hydrogen (secondary N) is 1. The molecular weight excluding hydrogens is 397 g/mol. The average molecular weight is 416 g/mol. The molecule has 0 aliphatic carbocycles. The lowest BCUT2D eigenvalue weighted by molar-refractivity contribution is -0.123. The van der Waals surface area contributed by atoms with Gasteiger partial charge in [0, 0.05) is 5.56 Å². The SMILES string of the molecule is CC(O)CN(c1ccccc1)S(=O)(=O)c1ccc(C(=O)NCC(F)(F)F)cc1. The summed E-state index contributed by atoms with van der Waals surface area (Å²) in [4.78, 5) is 11.6.